The predicted molar refractivity (Wildman–Crippen MR) is 129 cm³/mol. The Kier molecular flexibility index (Phi) is 6.17. The van der Waals surface area contributed by atoms with E-state index < -0.39 is 23.5 Å². The van der Waals surface area contributed by atoms with Crippen LogP contribution in [-0.2, 0) is 4.79 Å². The van der Waals surface area contributed by atoms with E-state index >= 15 is 0 Å². The maximum absolute atomic E-state index is 13.6. The SMILES string of the molecule is CC(=O)c1sc(N2C(=O)C(O)=C(C(=O)c3sc(C)nc3C)C2c2c(Cl)cccc2Cl)nc1C. The second-order valence-electron chi connectivity index (χ2n) is 7.42. The molecule has 1 N–H and O–H groups in total. The Morgan fingerprint density at radius 2 is 1.64 bits per heavy atom. The van der Waals surface area contributed by atoms with Gasteiger partial charge in [-0.1, -0.05) is 40.6 Å². The molecular weight excluding hydrogens is 505 g/mol. The van der Waals surface area contributed by atoms with Gasteiger partial charge < -0.3 is 5.11 Å². The van der Waals surface area contributed by atoms with Crippen LogP contribution in [0.1, 0.15) is 54.3 Å². The fourth-order valence-electron chi connectivity index (χ4n) is 3.76. The van der Waals surface area contributed by atoms with E-state index in [0.29, 0.717) is 26.1 Å². The lowest BCUT2D eigenvalue weighted by molar-refractivity contribution is -0.117. The highest BCUT2D eigenvalue weighted by atomic mass is 35.5. The summed E-state index contributed by atoms with van der Waals surface area (Å²) in [5.41, 5.74) is 1.03. The number of carbonyl (C=O) groups excluding carboxylic acids is 3. The summed E-state index contributed by atoms with van der Waals surface area (Å²) >= 11 is 15.1. The van der Waals surface area contributed by atoms with Gasteiger partial charge in [0.25, 0.3) is 5.91 Å². The van der Waals surface area contributed by atoms with Crippen LogP contribution < -0.4 is 4.90 Å². The number of halogens is 2. The van der Waals surface area contributed by atoms with Gasteiger partial charge in [-0.05, 0) is 32.9 Å². The first-order valence-corrected chi connectivity index (χ1v) is 12.1. The summed E-state index contributed by atoms with van der Waals surface area (Å²) in [4.78, 5) is 49.4. The monoisotopic (exact) mass is 521 g/mol. The molecule has 0 saturated heterocycles. The fourth-order valence-corrected chi connectivity index (χ4v) is 6.22. The van der Waals surface area contributed by atoms with Crippen molar-refractivity contribution in [1.82, 2.24) is 9.97 Å². The van der Waals surface area contributed by atoms with Crippen LogP contribution in [0.15, 0.2) is 29.5 Å². The third-order valence-electron chi connectivity index (χ3n) is 5.15. The first-order chi connectivity index (χ1) is 15.5. The summed E-state index contributed by atoms with van der Waals surface area (Å²) < 4.78 is 0. The zero-order valence-electron chi connectivity index (χ0n) is 17.9. The number of ketones is 2. The largest absolute Gasteiger partial charge is 0.503 e. The molecule has 1 aromatic carbocycles. The molecule has 4 rings (SSSR count). The van der Waals surface area contributed by atoms with Crippen molar-refractivity contribution in [3.8, 4) is 0 Å². The van der Waals surface area contributed by atoms with Crippen molar-refractivity contribution in [2.75, 3.05) is 4.90 Å². The topological polar surface area (TPSA) is 100 Å². The van der Waals surface area contributed by atoms with Crippen LogP contribution in [0.4, 0.5) is 5.13 Å². The zero-order valence-corrected chi connectivity index (χ0v) is 21.0. The second kappa shape index (κ2) is 8.64. The number of hydrogen-bond donors (Lipinski definition) is 1. The third-order valence-corrected chi connectivity index (χ3v) is 8.14. The molecule has 1 amide bonds. The van der Waals surface area contributed by atoms with E-state index in [0.717, 1.165) is 11.3 Å². The number of Topliss-reactive ketones (excluding diaryl/α,β-unsaturated/α-hetero) is 2. The van der Waals surface area contributed by atoms with Gasteiger partial charge in [0.1, 0.15) is 6.04 Å². The molecule has 1 unspecified atom stereocenters. The maximum Gasteiger partial charge on any atom is 0.296 e. The summed E-state index contributed by atoms with van der Waals surface area (Å²) in [6.45, 7) is 6.50. The average molecular weight is 522 g/mol. The Bertz CT molecular complexity index is 1360. The van der Waals surface area contributed by atoms with Crippen LogP contribution in [0.25, 0.3) is 0 Å². The van der Waals surface area contributed by atoms with E-state index in [1.165, 1.54) is 23.2 Å². The van der Waals surface area contributed by atoms with Crippen LogP contribution >= 0.6 is 45.9 Å². The predicted octanol–water partition coefficient (Wildman–Crippen LogP) is 5.82. The van der Waals surface area contributed by atoms with Crippen molar-refractivity contribution in [3.05, 3.63) is 71.3 Å². The zero-order chi connectivity index (χ0) is 24.2. The molecule has 0 aliphatic carbocycles. The molecule has 0 spiro atoms. The van der Waals surface area contributed by atoms with Crippen molar-refractivity contribution in [3.63, 3.8) is 0 Å². The molecular formula is C22H17Cl2N3O4S2. The highest BCUT2D eigenvalue weighted by Crippen LogP contribution is 2.47. The average Bonchev–Trinajstić information content (AvgIpc) is 3.35. The number of amides is 1. The highest BCUT2D eigenvalue weighted by molar-refractivity contribution is 7.18. The van der Waals surface area contributed by atoms with Gasteiger partial charge in [-0.25, -0.2) is 9.97 Å². The standard InChI is InChI=1S/C22H17Cl2N3O4S2/c1-8-19(10(3)28)33-22(26-8)27-16(14-12(23)6-5-7-13(14)24)15(18(30)21(27)31)17(29)20-9(2)25-11(4)32-20/h5-7,16,30H,1-4H3. The summed E-state index contributed by atoms with van der Waals surface area (Å²) in [7, 11) is 0. The van der Waals surface area contributed by atoms with Gasteiger partial charge in [0.05, 0.1) is 31.7 Å². The lowest BCUT2D eigenvalue weighted by Gasteiger charge is -2.26. The lowest BCUT2D eigenvalue weighted by atomic mass is 9.95. The van der Waals surface area contributed by atoms with Gasteiger partial charge in [-0.15, -0.1) is 11.3 Å². The smallest absolute Gasteiger partial charge is 0.296 e. The minimum absolute atomic E-state index is 0.148. The minimum Gasteiger partial charge on any atom is -0.503 e. The van der Waals surface area contributed by atoms with Crippen molar-refractivity contribution in [1.29, 1.82) is 0 Å². The van der Waals surface area contributed by atoms with Gasteiger partial charge in [-0.3, -0.25) is 19.3 Å². The maximum atomic E-state index is 13.6. The van der Waals surface area contributed by atoms with Crippen LogP contribution in [0.2, 0.25) is 10.0 Å². The Hall–Kier alpha value is -2.59. The molecule has 0 radical (unpaired) electrons. The van der Waals surface area contributed by atoms with Crippen LogP contribution in [0.5, 0.6) is 0 Å². The second-order valence-corrected chi connectivity index (χ2v) is 10.4. The first-order valence-electron chi connectivity index (χ1n) is 9.70. The van der Waals surface area contributed by atoms with E-state index in [1.807, 2.05) is 0 Å². The van der Waals surface area contributed by atoms with E-state index in [2.05, 4.69) is 9.97 Å². The normalized spacial score (nSPS) is 16.1. The van der Waals surface area contributed by atoms with Crippen LogP contribution in [0.3, 0.4) is 0 Å². The molecule has 3 aromatic rings. The summed E-state index contributed by atoms with van der Waals surface area (Å²) in [6, 6.07) is 3.66. The Labute approximate surface area is 207 Å². The summed E-state index contributed by atoms with van der Waals surface area (Å²) in [5, 5.41) is 12.1. The number of aromatic nitrogens is 2. The molecule has 7 nitrogen and oxygen atoms in total. The number of anilines is 1. The molecule has 0 fully saturated rings. The Morgan fingerprint density at radius 1 is 1.03 bits per heavy atom. The summed E-state index contributed by atoms with van der Waals surface area (Å²) in [5.74, 6) is -2.31. The Morgan fingerprint density at radius 3 is 2.15 bits per heavy atom. The fraction of sp³-hybridized carbons (Fsp3) is 0.227. The Balaban J connectivity index is 1.97. The molecule has 11 heteroatoms. The molecule has 1 atom stereocenters. The molecule has 0 bridgehead atoms. The van der Waals surface area contributed by atoms with Crippen molar-refractivity contribution in [2.24, 2.45) is 0 Å². The number of aliphatic hydroxyl groups excluding tert-OH is 1. The first kappa shape index (κ1) is 23.6. The molecule has 3 heterocycles. The third kappa shape index (κ3) is 3.89. The lowest BCUT2D eigenvalue weighted by Crippen LogP contribution is -2.31. The molecule has 0 saturated carbocycles. The number of hydrogen-bond acceptors (Lipinski definition) is 8. The van der Waals surface area contributed by atoms with E-state index in [4.69, 9.17) is 23.2 Å². The number of aliphatic hydroxyl groups is 1. The van der Waals surface area contributed by atoms with Crippen molar-refractivity contribution < 1.29 is 19.5 Å². The molecule has 2 aromatic heterocycles. The highest BCUT2D eigenvalue weighted by Gasteiger charge is 2.48. The molecule has 33 heavy (non-hydrogen) atoms. The quantitative estimate of drug-likeness (QED) is 0.424. The van der Waals surface area contributed by atoms with Crippen LogP contribution in [0, 0.1) is 20.8 Å². The number of rotatable bonds is 5. The number of thiazole rings is 2. The molecule has 1 aliphatic rings. The minimum atomic E-state index is -1.14. The van der Waals surface area contributed by atoms with Gasteiger partial charge >= 0.3 is 0 Å². The van der Waals surface area contributed by atoms with E-state index in [1.54, 1.807) is 39.0 Å². The number of benzene rings is 1. The van der Waals surface area contributed by atoms with Gasteiger partial charge in [0.15, 0.2) is 16.7 Å². The van der Waals surface area contributed by atoms with Gasteiger partial charge in [-0.2, -0.15) is 0 Å². The van der Waals surface area contributed by atoms with Gasteiger partial charge in [0, 0.05) is 22.5 Å². The molecule has 1 aliphatic heterocycles. The number of nitrogens with zero attached hydrogens (tertiary/aromatic N) is 3. The number of aryl methyl sites for hydroxylation is 3. The summed E-state index contributed by atoms with van der Waals surface area (Å²) in [6.07, 6.45) is 0. The van der Waals surface area contributed by atoms with Crippen LogP contribution in [-0.4, -0.2) is 32.5 Å². The van der Waals surface area contributed by atoms with Gasteiger partial charge in [0.2, 0.25) is 5.78 Å². The molecule has 170 valence electrons. The van der Waals surface area contributed by atoms with E-state index in [-0.39, 0.29) is 32.1 Å². The van der Waals surface area contributed by atoms with Crippen molar-refractivity contribution >= 4 is 68.5 Å². The van der Waals surface area contributed by atoms with Crippen molar-refractivity contribution in [2.45, 2.75) is 33.7 Å². The van der Waals surface area contributed by atoms with E-state index in [9.17, 15) is 19.5 Å². The number of carbonyl (C=O) groups is 3.